The summed E-state index contributed by atoms with van der Waals surface area (Å²) in [6, 6.07) is 11.2. The van der Waals surface area contributed by atoms with E-state index in [4.69, 9.17) is 0 Å². The molecule has 1 saturated heterocycles. The molecule has 0 radical (unpaired) electrons. The van der Waals surface area contributed by atoms with E-state index in [1.807, 2.05) is 30.3 Å². The van der Waals surface area contributed by atoms with Gasteiger partial charge in [0.2, 0.25) is 0 Å². The average molecular weight is 399 g/mol. The van der Waals surface area contributed by atoms with Crippen LogP contribution in [-0.2, 0) is 17.1 Å². The van der Waals surface area contributed by atoms with Crippen molar-refractivity contribution in [3.63, 3.8) is 0 Å². The minimum Gasteiger partial charge on any atom is -0.339 e. The Balaban J connectivity index is 1.51. The zero-order valence-electron chi connectivity index (χ0n) is 15.5. The molecule has 1 fully saturated rings. The zero-order chi connectivity index (χ0) is 19.7. The van der Waals surface area contributed by atoms with E-state index in [0.717, 1.165) is 10.9 Å². The molecular weight excluding hydrogens is 378 g/mol. The summed E-state index contributed by atoms with van der Waals surface area (Å²) in [6.07, 6.45) is 3.51. The number of fused-ring (bicyclic) bond motifs is 1. The van der Waals surface area contributed by atoms with Crippen molar-refractivity contribution in [1.29, 1.82) is 0 Å². The molecule has 1 aromatic carbocycles. The number of aryl methyl sites for hydroxylation is 1. The number of pyridine rings is 1. The van der Waals surface area contributed by atoms with Gasteiger partial charge >= 0.3 is 0 Å². The highest BCUT2D eigenvalue weighted by Crippen LogP contribution is 2.18. The number of benzene rings is 1. The summed E-state index contributed by atoms with van der Waals surface area (Å²) in [6.45, 7) is 1.40. The van der Waals surface area contributed by atoms with Gasteiger partial charge in [-0.15, -0.1) is 0 Å². The lowest BCUT2D eigenvalue weighted by atomic mass is 10.2. The smallest absolute Gasteiger partial charge is 0.272 e. The Morgan fingerprint density at radius 1 is 1.04 bits per heavy atom. The number of aromatic nitrogens is 3. The van der Waals surface area contributed by atoms with Gasteiger partial charge in [0.1, 0.15) is 5.69 Å². The SMILES string of the molecule is Cn1cnc(S(=O)(=O)N2CCCN(C(=O)c3ccc4ccccc4n3)CC2)c1. The molecule has 1 aliphatic heterocycles. The second-order valence-electron chi connectivity index (χ2n) is 6.82. The van der Waals surface area contributed by atoms with Crippen molar-refractivity contribution >= 4 is 26.8 Å². The zero-order valence-corrected chi connectivity index (χ0v) is 16.3. The van der Waals surface area contributed by atoms with Gasteiger partial charge in [-0.3, -0.25) is 4.79 Å². The number of hydrogen-bond donors (Lipinski definition) is 0. The van der Waals surface area contributed by atoms with Crippen molar-refractivity contribution in [1.82, 2.24) is 23.7 Å². The maximum Gasteiger partial charge on any atom is 0.272 e. The number of amides is 1. The summed E-state index contributed by atoms with van der Waals surface area (Å²) in [7, 11) is -1.93. The maximum absolute atomic E-state index is 12.9. The molecule has 3 heterocycles. The van der Waals surface area contributed by atoms with E-state index in [9.17, 15) is 13.2 Å². The van der Waals surface area contributed by atoms with E-state index in [2.05, 4.69) is 9.97 Å². The van der Waals surface area contributed by atoms with Gasteiger partial charge in [0.15, 0.2) is 5.03 Å². The standard InChI is InChI=1S/C19H21N5O3S/c1-22-13-18(20-14-22)28(26,27)24-10-4-9-23(11-12-24)19(25)17-8-7-15-5-2-3-6-16(15)21-17/h2-3,5-8,13-14H,4,9-12H2,1H3. The van der Waals surface area contributed by atoms with Crippen molar-refractivity contribution in [2.75, 3.05) is 26.2 Å². The largest absolute Gasteiger partial charge is 0.339 e. The first-order valence-corrected chi connectivity index (χ1v) is 10.5. The molecule has 8 nitrogen and oxygen atoms in total. The van der Waals surface area contributed by atoms with Crippen molar-refractivity contribution in [3.8, 4) is 0 Å². The molecule has 4 rings (SSSR count). The lowest BCUT2D eigenvalue weighted by molar-refractivity contribution is 0.0759. The van der Waals surface area contributed by atoms with Gasteiger partial charge < -0.3 is 9.47 Å². The van der Waals surface area contributed by atoms with Crippen LogP contribution in [0.1, 0.15) is 16.9 Å². The first-order chi connectivity index (χ1) is 13.4. The van der Waals surface area contributed by atoms with Gasteiger partial charge in [-0.2, -0.15) is 4.31 Å². The van der Waals surface area contributed by atoms with Crippen LogP contribution in [0.25, 0.3) is 10.9 Å². The third-order valence-electron chi connectivity index (χ3n) is 4.85. The summed E-state index contributed by atoms with van der Waals surface area (Å²) >= 11 is 0. The lowest BCUT2D eigenvalue weighted by Gasteiger charge is -2.21. The molecular formula is C19H21N5O3S. The first kappa shape index (κ1) is 18.6. The Morgan fingerprint density at radius 2 is 1.86 bits per heavy atom. The minimum absolute atomic E-state index is 0.0333. The Labute approximate surface area is 163 Å². The van der Waals surface area contributed by atoms with E-state index >= 15 is 0 Å². The molecule has 28 heavy (non-hydrogen) atoms. The number of rotatable bonds is 3. The molecule has 1 aliphatic rings. The van der Waals surface area contributed by atoms with E-state index in [-0.39, 0.29) is 17.5 Å². The molecule has 0 N–H and O–H groups in total. The second-order valence-corrected chi connectivity index (χ2v) is 8.70. The van der Waals surface area contributed by atoms with Gasteiger partial charge in [-0.1, -0.05) is 24.3 Å². The van der Waals surface area contributed by atoms with Crippen LogP contribution in [0.3, 0.4) is 0 Å². The number of nitrogens with zero attached hydrogens (tertiary/aromatic N) is 5. The summed E-state index contributed by atoms with van der Waals surface area (Å²) < 4.78 is 28.6. The highest BCUT2D eigenvalue weighted by Gasteiger charge is 2.30. The summed E-state index contributed by atoms with van der Waals surface area (Å²) in [5, 5.41) is 1.01. The van der Waals surface area contributed by atoms with Crippen LogP contribution in [0.2, 0.25) is 0 Å². The molecule has 1 amide bonds. The van der Waals surface area contributed by atoms with Gasteiger partial charge in [-0.25, -0.2) is 18.4 Å². The van der Waals surface area contributed by atoms with E-state index in [1.165, 1.54) is 16.8 Å². The molecule has 3 aromatic rings. The third-order valence-corrected chi connectivity index (χ3v) is 6.63. The topological polar surface area (TPSA) is 88.4 Å². The minimum atomic E-state index is -3.66. The molecule has 0 unspecified atom stereocenters. The highest BCUT2D eigenvalue weighted by molar-refractivity contribution is 7.89. The summed E-state index contributed by atoms with van der Waals surface area (Å²) in [5.74, 6) is -0.178. The first-order valence-electron chi connectivity index (χ1n) is 9.08. The van der Waals surface area contributed by atoms with Crippen molar-refractivity contribution in [2.45, 2.75) is 11.4 Å². The van der Waals surface area contributed by atoms with E-state index in [0.29, 0.717) is 31.7 Å². The molecule has 0 bridgehead atoms. The van der Waals surface area contributed by atoms with Gasteiger partial charge in [0.05, 0.1) is 11.8 Å². The highest BCUT2D eigenvalue weighted by atomic mass is 32.2. The fourth-order valence-corrected chi connectivity index (χ4v) is 4.77. The normalized spacial score (nSPS) is 16.2. The Morgan fingerprint density at radius 3 is 2.64 bits per heavy atom. The number of sulfonamides is 1. The van der Waals surface area contributed by atoms with Crippen LogP contribution in [0.4, 0.5) is 0 Å². The van der Waals surface area contributed by atoms with Crippen LogP contribution in [0, 0.1) is 0 Å². The predicted octanol–water partition coefficient (Wildman–Crippen LogP) is 1.51. The Bertz CT molecular complexity index is 1130. The fourth-order valence-electron chi connectivity index (χ4n) is 3.34. The Kier molecular flexibility index (Phi) is 4.86. The number of para-hydroxylation sites is 1. The van der Waals surface area contributed by atoms with Gasteiger partial charge in [0.25, 0.3) is 15.9 Å². The summed E-state index contributed by atoms with van der Waals surface area (Å²) in [5.41, 5.74) is 1.14. The molecule has 0 saturated carbocycles. The molecule has 0 aliphatic carbocycles. The van der Waals surface area contributed by atoms with E-state index in [1.54, 1.807) is 22.6 Å². The molecule has 2 aromatic heterocycles. The second kappa shape index (κ2) is 7.33. The van der Waals surface area contributed by atoms with Crippen LogP contribution in [0.15, 0.2) is 53.9 Å². The Hall–Kier alpha value is -2.78. The van der Waals surface area contributed by atoms with Crippen molar-refractivity contribution in [2.24, 2.45) is 7.05 Å². The predicted molar refractivity (Wildman–Crippen MR) is 104 cm³/mol. The molecule has 9 heteroatoms. The quantitative estimate of drug-likeness (QED) is 0.666. The van der Waals surface area contributed by atoms with Crippen LogP contribution in [-0.4, -0.2) is 64.2 Å². The van der Waals surface area contributed by atoms with Crippen molar-refractivity contribution in [3.05, 3.63) is 54.6 Å². The summed E-state index contributed by atoms with van der Waals surface area (Å²) in [4.78, 5) is 23.0. The average Bonchev–Trinajstić information content (AvgIpc) is 2.99. The van der Waals surface area contributed by atoms with E-state index < -0.39 is 10.0 Å². The monoisotopic (exact) mass is 399 g/mol. The number of carbonyl (C=O) groups excluding carboxylic acids is 1. The molecule has 146 valence electrons. The lowest BCUT2D eigenvalue weighted by Crippen LogP contribution is -2.37. The maximum atomic E-state index is 12.9. The van der Waals surface area contributed by atoms with Gasteiger partial charge in [0, 0.05) is 44.8 Å². The number of hydrogen-bond acceptors (Lipinski definition) is 5. The third kappa shape index (κ3) is 3.50. The number of carbonyl (C=O) groups is 1. The molecule has 0 spiro atoms. The van der Waals surface area contributed by atoms with Crippen LogP contribution in [0.5, 0.6) is 0 Å². The van der Waals surface area contributed by atoms with Crippen LogP contribution < -0.4 is 0 Å². The van der Waals surface area contributed by atoms with Gasteiger partial charge in [-0.05, 0) is 18.6 Å². The van der Waals surface area contributed by atoms with Crippen LogP contribution >= 0.6 is 0 Å². The van der Waals surface area contributed by atoms with Crippen molar-refractivity contribution < 1.29 is 13.2 Å². The fraction of sp³-hybridized carbons (Fsp3) is 0.316. The molecule has 0 atom stereocenters. The number of imidazole rings is 1.